The van der Waals surface area contributed by atoms with Crippen LogP contribution in [0.5, 0.6) is 0 Å². The van der Waals surface area contributed by atoms with Crippen molar-refractivity contribution in [2.75, 3.05) is 19.8 Å². The molecule has 1 rings (SSSR count). The van der Waals surface area contributed by atoms with Crippen LogP contribution in [0, 0.1) is 16.0 Å². The summed E-state index contributed by atoms with van der Waals surface area (Å²) in [6, 6.07) is 3.37. The first kappa shape index (κ1) is 17.1. The van der Waals surface area contributed by atoms with Gasteiger partial charge in [0.15, 0.2) is 5.92 Å². The Balaban J connectivity index is 3.12. The van der Waals surface area contributed by atoms with E-state index in [2.05, 4.69) is 0 Å². The molecular weight excluding hydrogens is 298 g/mol. The summed E-state index contributed by atoms with van der Waals surface area (Å²) >= 11 is 1.25. The second-order valence-corrected chi connectivity index (χ2v) is 5.10. The Morgan fingerprint density at radius 3 is 2.24 bits per heavy atom. The fraction of sp³-hybridized carbons (Fsp3) is 0.538. The largest absolute Gasteiger partial charge is 0.465 e. The van der Waals surface area contributed by atoms with Crippen molar-refractivity contribution in [3.8, 4) is 0 Å². The molecule has 0 bridgehead atoms. The molecule has 0 aliphatic rings. The van der Waals surface area contributed by atoms with E-state index in [1.165, 1.54) is 11.3 Å². The second-order valence-electron chi connectivity index (χ2n) is 4.12. The third kappa shape index (κ3) is 4.82. The van der Waals surface area contributed by atoms with Crippen LogP contribution in [0.4, 0.5) is 0 Å². The van der Waals surface area contributed by atoms with Crippen LogP contribution in [0.25, 0.3) is 0 Å². The minimum atomic E-state index is -1.33. The lowest BCUT2D eigenvalue weighted by Gasteiger charge is -2.20. The first-order chi connectivity index (χ1) is 10.0. The predicted octanol–water partition coefficient (Wildman–Crippen LogP) is 1.85. The van der Waals surface area contributed by atoms with Gasteiger partial charge in [-0.3, -0.25) is 19.7 Å². The summed E-state index contributed by atoms with van der Waals surface area (Å²) in [6.45, 7) is 2.85. The molecule has 0 unspecified atom stereocenters. The first-order valence-corrected chi connectivity index (χ1v) is 7.37. The van der Waals surface area contributed by atoms with Crippen molar-refractivity contribution >= 4 is 23.3 Å². The van der Waals surface area contributed by atoms with Gasteiger partial charge in [-0.15, -0.1) is 11.3 Å². The molecule has 1 heterocycles. The number of esters is 2. The van der Waals surface area contributed by atoms with E-state index in [0.717, 1.165) is 0 Å². The van der Waals surface area contributed by atoms with E-state index >= 15 is 0 Å². The van der Waals surface area contributed by atoms with E-state index in [4.69, 9.17) is 9.47 Å². The molecule has 0 aliphatic heterocycles. The van der Waals surface area contributed by atoms with Crippen molar-refractivity contribution in [3.63, 3.8) is 0 Å². The van der Waals surface area contributed by atoms with E-state index < -0.39 is 35.2 Å². The van der Waals surface area contributed by atoms with Gasteiger partial charge in [0.2, 0.25) is 6.54 Å². The lowest BCUT2D eigenvalue weighted by Crippen LogP contribution is -2.36. The third-order valence-corrected chi connectivity index (χ3v) is 3.74. The van der Waals surface area contributed by atoms with Crippen LogP contribution in [0.15, 0.2) is 17.5 Å². The molecular formula is C13H17NO6S. The number of ether oxygens (including phenoxy) is 2. The monoisotopic (exact) mass is 315 g/mol. The van der Waals surface area contributed by atoms with Crippen molar-refractivity contribution in [3.05, 3.63) is 32.5 Å². The zero-order valence-corrected chi connectivity index (χ0v) is 12.6. The fourth-order valence-electron chi connectivity index (χ4n) is 1.91. The van der Waals surface area contributed by atoms with Crippen molar-refractivity contribution in [1.82, 2.24) is 0 Å². The summed E-state index contributed by atoms with van der Waals surface area (Å²) in [5, 5.41) is 12.6. The predicted molar refractivity (Wildman–Crippen MR) is 75.7 cm³/mol. The number of thiophene rings is 1. The number of hydrogen-bond donors (Lipinski definition) is 0. The average molecular weight is 315 g/mol. The van der Waals surface area contributed by atoms with Gasteiger partial charge in [-0.05, 0) is 25.3 Å². The molecule has 0 saturated heterocycles. The zero-order chi connectivity index (χ0) is 15.8. The summed E-state index contributed by atoms with van der Waals surface area (Å²) in [7, 11) is 0. The Labute approximate surface area is 126 Å². The summed E-state index contributed by atoms with van der Waals surface area (Å²) in [5.41, 5.74) is 0. The van der Waals surface area contributed by atoms with Crippen LogP contribution in [0.2, 0.25) is 0 Å². The van der Waals surface area contributed by atoms with Crippen molar-refractivity contribution in [2.24, 2.45) is 5.92 Å². The molecule has 0 aromatic carbocycles. The van der Waals surface area contributed by atoms with Gasteiger partial charge in [-0.1, -0.05) is 6.07 Å². The Bertz CT molecular complexity index is 469. The van der Waals surface area contributed by atoms with Gasteiger partial charge < -0.3 is 9.47 Å². The van der Waals surface area contributed by atoms with Gasteiger partial charge in [-0.25, -0.2) is 0 Å². The summed E-state index contributed by atoms with van der Waals surface area (Å²) < 4.78 is 9.75. The molecule has 116 valence electrons. The quantitative estimate of drug-likeness (QED) is 0.314. The molecule has 0 amide bonds. The van der Waals surface area contributed by atoms with E-state index in [9.17, 15) is 19.7 Å². The highest BCUT2D eigenvalue weighted by atomic mass is 32.1. The molecule has 1 atom stereocenters. The maximum absolute atomic E-state index is 12.0. The van der Waals surface area contributed by atoms with Gasteiger partial charge in [0, 0.05) is 9.80 Å². The topological polar surface area (TPSA) is 95.7 Å². The fourth-order valence-corrected chi connectivity index (χ4v) is 2.77. The molecule has 21 heavy (non-hydrogen) atoms. The lowest BCUT2D eigenvalue weighted by molar-refractivity contribution is -0.484. The molecule has 0 N–H and O–H groups in total. The molecule has 0 aliphatic carbocycles. The molecule has 0 radical (unpaired) electrons. The molecule has 0 saturated carbocycles. The van der Waals surface area contributed by atoms with Crippen LogP contribution >= 0.6 is 11.3 Å². The van der Waals surface area contributed by atoms with Crippen molar-refractivity contribution in [2.45, 2.75) is 19.8 Å². The Morgan fingerprint density at radius 1 is 1.29 bits per heavy atom. The molecule has 0 spiro atoms. The molecule has 1 aromatic rings. The average Bonchev–Trinajstić information content (AvgIpc) is 2.91. The summed E-state index contributed by atoms with van der Waals surface area (Å²) in [6.07, 6.45) is 0. The number of carbonyl (C=O) groups is 2. The number of nitrogens with zero attached hydrogens (tertiary/aromatic N) is 1. The van der Waals surface area contributed by atoms with Gasteiger partial charge in [0.05, 0.1) is 19.1 Å². The molecule has 7 nitrogen and oxygen atoms in total. The molecule has 0 fully saturated rings. The number of carbonyl (C=O) groups excluding carboxylic acids is 2. The summed E-state index contributed by atoms with van der Waals surface area (Å²) in [5.74, 6) is -3.81. The third-order valence-electron chi connectivity index (χ3n) is 2.74. The number of nitro groups is 1. The highest BCUT2D eigenvalue weighted by Crippen LogP contribution is 2.31. The SMILES string of the molecule is CCOC(=O)C(C(=O)OCC)[C@@H](C[N+](=O)[O-])c1cccs1. The van der Waals surface area contributed by atoms with Crippen molar-refractivity contribution in [1.29, 1.82) is 0 Å². The second kappa shape index (κ2) is 8.35. The summed E-state index contributed by atoms with van der Waals surface area (Å²) in [4.78, 5) is 35.0. The number of rotatable bonds is 8. The smallest absolute Gasteiger partial charge is 0.321 e. The highest BCUT2D eigenvalue weighted by Gasteiger charge is 2.41. The minimum absolute atomic E-state index is 0.0877. The molecule has 1 aromatic heterocycles. The highest BCUT2D eigenvalue weighted by molar-refractivity contribution is 7.10. The Hall–Kier alpha value is -1.96. The van der Waals surface area contributed by atoms with Crippen LogP contribution in [-0.4, -0.2) is 36.6 Å². The maximum Gasteiger partial charge on any atom is 0.321 e. The number of hydrogen-bond acceptors (Lipinski definition) is 7. The Morgan fingerprint density at radius 2 is 1.86 bits per heavy atom. The lowest BCUT2D eigenvalue weighted by atomic mass is 9.90. The zero-order valence-electron chi connectivity index (χ0n) is 11.8. The Kier molecular flexibility index (Phi) is 6.80. The van der Waals surface area contributed by atoms with E-state index in [0.29, 0.717) is 4.88 Å². The standard InChI is InChI=1S/C13H17NO6S/c1-3-19-12(15)11(13(16)20-4-2)9(8-14(17)18)10-6-5-7-21-10/h5-7,9,11H,3-4,8H2,1-2H3/t9-/m0/s1. The van der Waals surface area contributed by atoms with Gasteiger partial charge in [0.25, 0.3) is 0 Å². The van der Waals surface area contributed by atoms with Crippen LogP contribution in [0.3, 0.4) is 0 Å². The first-order valence-electron chi connectivity index (χ1n) is 6.49. The van der Waals surface area contributed by atoms with E-state index in [1.807, 2.05) is 0 Å². The van der Waals surface area contributed by atoms with Crippen LogP contribution in [0.1, 0.15) is 24.6 Å². The van der Waals surface area contributed by atoms with E-state index in [-0.39, 0.29) is 13.2 Å². The van der Waals surface area contributed by atoms with Gasteiger partial charge in [-0.2, -0.15) is 0 Å². The van der Waals surface area contributed by atoms with Crippen LogP contribution < -0.4 is 0 Å². The maximum atomic E-state index is 12.0. The molecule has 8 heteroatoms. The van der Waals surface area contributed by atoms with Crippen LogP contribution in [-0.2, 0) is 19.1 Å². The van der Waals surface area contributed by atoms with Gasteiger partial charge >= 0.3 is 11.9 Å². The van der Waals surface area contributed by atoms with Gasteiger partial charge in [0.1, 0.15) is 0 Å². The van der Waals surface area contributed by atoms with Crippen molar-refractivity contribution < 1.29 is 24.0 Å². The minimum Gasteiger partial charge on any atom is -0.465 e. The normalized spacial score (nSPS) is 12.0. The van der Waals surface area contributed by atoms with E-state index in [1.54, 1.807) is 31.4 Å².